The maximum atomic E-state index is 12.3. The van der Waals surface area contributed by atoms with Crippen LogP contribution < -0.4 is 10.1 Å². The van der Waals surface area contributed by atoms with Crippen LogP contribution in [0.1, 0.15) is 29.6 Å². The Morgan fingerprint density at radius 3 is 2.72 bits per heavy atom. The van der Waals surface area contributed by atoms with Gasteiger partial charge in [-0.15, -0.1) is 0 Å². The zero-order valence-corrected chi connectivity index (χ0v) is 11.0. The van der Waals surface area contributed by atoms with Gasteiger partial charge in [0, 0.05) is 10.5 Å². The Balaban J connectivity index is 2.16. The first-order valence-electron chi connectivity index (χ1n) is 5.61. The van der Waals surface area contributed by atoms with Crippen LogP contribution in [0.4, 0.5) is 8.78 Å². The molecule has 0 heterocycles. The molecule has 6 heteroatoms. The van der Waals surface area contributed by atoms with E-state index in [0.29, 0.717) is 4.47 Å². The minimum absolute atomic E-state index is 0.115. The molecule has 0 radical (unpaired) electrons. The molecule has 1 N–H and O–H groups in total. The first-order valence-corrected chi connectivity index (χ1v) is 6.41. The van der Waals surface area contributed by atoms with E-state index < -0.39 is 6.61 Å². The summed E-state index contributed by atoms with van der Waals surface area (Å²) in [7, 11) is 0. The Hall–Kier alpha value is -1.17. The topological polar surface area (TPSA) is 38.3 Å². The SMILES string of the molecule is O=C(NC1CCC1)c1ccc(Br)cc1OC(F)F. The van der Waals surface area contributed by atoms with Crippen LogP contribution in [0.25, 0.3) is 0 Å². The summed E-state index contributed by atoms with van der Waals surface area (Å²) in [6.45, 7) is -2.95. The Morgan fingerprint density at radius 1 is 1.44 bits per heavy atom. The van der Waals surface area contributed by atoms with Crippen molar-refractivity contribution in [2.75, 3.05) is 0 Å². The van der Waals surface area contributed by atoms with Gasteiger partial charge in [0.05, 0.1) is 5.56 Å². The van der Waals surface area contributed by atoms with E-state index in [2.05, 4.69) is 26.0 Å². The molecular weight excluding hydrogens is 308 g/mol. The monoisotopic (exact) mass is 319 g/mol. The Morgan fingerprint density at radius 2 is 2.17 bits per heavy atom. The number of hydrogen-bond donors (Lipinski definition) is 1. The van der Waals surface area contributed by atoms with Crippen LogP contribution in [-0.4, -0.2) is 18.6 Å². The van der Waals surface area contributed by atoms with E-state index in [-0.39, 0.29) is 23.3 Å². The summed E-state index contributed by atoms with van der Waals surface area (Å²) < 4.78 is 29.5. The summed E-state index contributed by atoms with van der Waals surface area (Å²) in [5, 5.41) is 2.79. The average Bonchev–Trinajstić information content (AvgIpc) is 2.22. The maximum Gasteiger partial charge on any atom is 0.387 e. The van der Waals surface area contributed by atoms with Crippen LogP contribution in [0, 0.1) is 0 Å². The molecule has 0 saturated heterocycles. The molecule has 1 aromatic carbocycles. The molecule has 1 amide bonds. The van der Waals surface area contributed by atoms with Crippen molar-refractivity contribution < 1.29 is 18.3 Å². The third-order valence-electron chi connectivity index (χ3n) is 2.84. The lowest BCUT2D eigenvalue weighted by Crippen LogP contribution is -2.39. The highest BCUT2D eigenvalue weighted by molar-refractivity contribution is 9.10. The molecule has 1 fully saturated rings. The van der Waals surface area contributed by atoms with Crippen molar-refractivity contribution in [1.82, 2.24) is 5.32 Å². The number of carbonyl (C=O) groups is 1. The highest BCUT2D eigenvalue weighted by Crippen LogP contribution is 2.26. The molecule has 0 aromatic heterocycles. The van der Waals surface area contributed by atoms with Crippen molar-refractivity contribution in [3.8, 4) is 5.75 Å². The Kier molecular flexibility index (Phi) is 4.16. The average molecular weight is 320 g/mol. The Labute approximate surface area is 112 Å². The second-order valence-corrected chi connectivity index (χ2v) is 5.04. The lowest BCUT2D eigenvalue weighted by Gasteiger charge is -2.26. The fourth-order valence-electron chi connectivity index (χ4n) is 1.69. The van der Waals surface area contributed by atoms with Gasteiger partial charge in [-0.3, -0.25) is 4.79 Å². The zero-order chi connectivity index (χ0) is 13.1. The van der Waals surface area contributed by atoms with Crippen molar-refractivity contribution in [3.63, 3.8) is 0 Å². The van der Waals surface area contributed by atoms with E-state index in [0.717, 1.165) is 19.3 Å². The molecule has 0 unspecified atom stereocenters. The van der Waals surface area contributed by atoms with Gasteiger partial charge in [0.2, 0.25) is 0 Å². The minimum atomic E-state index is -2.95. The summed E-state index contributed by atoms with van der Waals surface area (Å²) in [5.74, 6) is -0.487. The molecule has 2 rings (SSSR count). The van der Waals surface area contributed by atoms with E-state index in [1.165, 1.54) is 12.1 Å². The lowest BCUT2D eigenvalue weighted by atomic mass is 9.93. The fourth-order valence-corrected chi connectivity index (χ4v) is 2.03. The summed E-state index contributed by atoms with van der Waals surface area (Å²) in [5.41, 5.74) is 0.130. The number of amides is 1. The zero-order valence-electron chi connectivity index (χ0n) is 9.46. The van der Waals surface area contributed by atoms with Gasteiger partial charge >= 0.3 is 6.61 Å². The summed E-state index contributed by atoms with van der Waals surface area (Å²) in [4.78, 5) is 11.9. The maximum absolute atomic E-state index is 12.3. The highest BCUT2D eigenvalue weighted by Gasteiger charge is 2.22. The molecule has 3 nitrogen and oxygen atoms in total. The lowest BCUT2D eigenvalue weighted by molar-refractivity contribution is -0.0502. The number of ether oxygens (including phenoxy) is 1. The number of hydrogen-bond acceptors (Lipinski definition) is 2. The van der Waals surface area contributed by atoms with Crippen LogP contribution in [0.5, 0.6) is 5.75 Å². The second kappa shape index (κ2) is 5.65. The summed E-state index contributed by atoms with van der Waals surface area (Å²) >= 11 is 3.15. The van der Waals surface area contributed by atoms with Gasteiger partial charge in [0.15, 0.2) is 0 Å². The Bertz CT molecular complexity index is 450. The number of carbonyl (C=O) groups excluding carboxylic acids is 1. The van der Waals surface area contributed by atoms with Gasteiger partial charge in [-0.25, -0.2) is 0 Å². The standard InChI is InChI=1S/C12H12BrF2NO2/c13-7-4-5-9(10(6-7)18-12(14)15)11(17)16-8-2-1-3-8/h4-6,8,12H,1-3H2,(H,16,17). The van der Waals surface area contributed by atoms with Gasteiger partial charge in [-0.1, -0.05) is 15.9 Å². The molecule has 0 atom stereocenters. The van der Waals surface area contributed by atoms with Gasteiger partial charge in [0.25, 0.3) is 5.91 Å². The van der Waals surface area contributed by atoms with Crippen LogP contribution in [-0.2, 0) is 0 Å². The van der Waals surface area contributed by atoms with Gasteiger partial charge < -0.3 is 10.1 Å². The molecule has 18 heavy (non-hydrogen) atoms. The van der Waals surface area contributed by atoms with Crippen molar-refractivity contribution in [2.24, 2.45) is 0 Å². The molecule has 1 saturated carbocycles. The molecule has 0 aliphatic heterocycles. The van der Waals surface area contributed by atoms with Crippen molar-refractivity contribution in [3.05, 3.63) is 28.2 Å². The number of rotatable bonds is 4. The van der Waals surface area contributed by atoms with Gasteiger partial charge in [-0.2, -0.15) is 8.78 Å². The molecule has 98 valence electrons. The van der Waals surface area contributed by atoms with E-state index in [9.17, 15) is 13.6 Å². The third kappa shape index (κ3) is 3.19. The second-order valence-electron chi connectivity index (χ2n) is 4.12. The molecule has 0 bridgehead atoms. The van der Waals surface area contributed by atoms with Gasteiger partial charge in [-0.05, 0) is 37.5 Å². The van der Waals surface area contributed by atoms with Crippen LogP contribution in [0.2, 0.25) is 0 Å². The number of alkyl halides is 2. The van der Waals surface area contributed by atoms with E-state index in [1.807, 2.05) is 0 Å². The fraction of sp³-hybridized carbons (Fsp3) is 0.417. The molecule has 1 aromatic rings. The normalized spacial score (nSPS) is 15.3. The quantitative estimate of drug-likeness (QED) is 0.924. The van der Waals surface area contributed by atoms with E-state index in [1.54, 1.807) is 6.07 Å². The molecule has 1 aliphatic carbocycles. The third-order valence-corrected chi connectivity index (χ3v) is 3.34. The van der Waals surface area contributed by atoms with E-state index in [4.69, 9.17) is 0 Å². The van der Waals surface area contributed by atoms with Crippen LogP contribution in [0.15, 0.2) is 22.7 Å². The smallest absolute Gasteiger partial charge is 0.387 e. The van der Waals surface area contributed by atoms with Crippen LogP contribution >= 0.6 is 15.9 Å². The molecule has 1 aliphatic rings. The summed E-state index contributed by atoms with van der Waals surface area (Å²) in [6.07, 6.45) is 2.96. The number of halogens is 3. The van der Waals surface area contributed by atoms with Crippen LogP contribution in [0.3, 0.4) is 0 Å². The van der Waals surface area contributed by atoms with E-state index >= 15 is 0 Å². The first kappa shape index (κ1) is 13.3. The van der Waals surface area contributed by atoms with Crippen molar-refractivity contribution >= 4 is 21.8 Å². The predicted molar refractivity (Wildman–Crippen MR) is 65.9 cm³/mol. The first-order chi connectivity index (χ1) is 8.56. The van der Waals surface area contributed by atoms with Crippen molar-refractivity contribution in [1.29, 1.82) is 0 Å². The van der Waals surface area contributed by atoms with Crippen molar-refractivity contribution in [2.45, 2.75) is 31.9 Å². The summed E-state index contributed by atoms with van der Waals surface area (Å²) in [6, 6.07) is 4.60. The largest absolute Gasteiger partial charge is 0.434 e. The minimum Gasteiger partial charge on any atom is -0.434 e. The number of benzene rings is 1. The number of nitrogens with one attached hydrogen (secondary N) is 1. The predicted octanol–water partition coefficient (Wildman–Crippen LogP) is 3.33. The molecular formula is C12H12BrF2NO2. The highest BCUT2D eigenvalue weighted by atomic mass is 79.9. The van der Waals surface area contributed by atoms with Gasteiger partial charge in [0.1, 0.15) is 5.75 Å². The molecule has 0 spiro atoms.